The van der Waals surface area contributed by atoms with Crippen LogP contribution in [0, 0.1) is 0 Å². The second-order valence-electron chi connectivity index (χ2n) is 6.55. The van der Waals surface area contributed by atoms with E-state index < -0.39 is 35.6 Å². The van der Waals surface area contributed by atoms with Crippen LogP contribution >= 0.6 is 0 Å². The Morgan fingerprint density at radius 2 is 1.65 bits per heavy atom. The topological polar surface area (TPSA) is 190 Å². The maximum Gasteiger partial charge on any atom is 0.490 e. The first kappa shape index (κ1) is 27.7. The standard InChI is InChI=1S/C18H21N5O4.C2HF3O2/c19-18(20)21-10-4-9-14(17(26)27)22-15(24)13-8-5-11-23(16(13)25)12-6-2-1-3-7-12;3-2(4,5)1(6)7/h1-3,5-8,11,14H,4,9-10H2,(H,22,24)(H,26,27)(H4,19,20,21);(H,6,7)/t14-;/m0./s1. The number of pyridine rings is 1. The summed E-state index contributed by atoms with van der Waals surface area (Å²) < 4.78 is 33.1. The number of nitrogens with two attached hydrogens (primary N) is 2. The number of carbonyl (C=O) groups is 3. The minimum absolute atomic E-state index is 0.0864. The number of benzene rings is 1. The molecule has 0 bridgehead atoms. The Morgan fingerprint density at radius 3 is 2.15 bits per heavy atom. The van der Waals surface area contributed by atoms with Gasteiger partial charge in [-0.15, -0.1) is 0 Å². The third kappa shape index (κ3) is 9.02. The van der Waals surface area contributed by atoms with Gasteiger partial charge in [0.05, 0.1) is 0 Å². The number of rotatable bonds is 8. The molecule has 0 radical (unpaired) electrons. The number of aliphatic carboxylic acids is 2. The van der Waals surface area contributed by atoms with E-state index in [1.165, 1.54) is 10.6 Å². The number of guanidine groups is 1. The first-order valence-corrected chi connectivity index (χ1v) is 9.50. The number of aliphatic imine (C=N–C) groups is 1. The van der Waals surface area contributed by atoms with Gasteiger partial charge in [0, 0.05) is 18.4 Å². The lowest BCUT2D eigenvalue weighted by atomic mass is 10.1. The van der Waals surface area contributed by atoms with Crippen molar-refractivity contribution in [2.45, 2.75) is 25.1 Å². The highest BCUT2D eigenvalue weighted by atomic mass is 19.4. The van der Waals surface area contributed by atoms with Crippen LogP contribution in [0.2, 0.25) is 0 Å². The summed E-state index contributed by atoms with van der Waals surface area (Å²) in [4.78, 5) is 49.1. The van der Waals surface area contributed by atoms with Crippen LogP contribution in [-0.4, -0.2) is 57.3 Å². The van der Waals surface area contributed by atoms with Crippen molar-refractivity contribution in [3.8, 4) is 5.69 Å². The summed E-state index contributed by atoms with van der Waals surface area (Å²) in [5, 5.41) is 18.8. The van der Waals surface area contributed by atoms with Crippen molar-refractivity contribution in [2.75, 3.05) is 6.54 Å². The number of amides is 1. The van der Waals surface area contributed by atoms with Gasteiger partial charge >= 0.3 is 18.1 Å². The summed E-state index contributed by atoms with van der Waals surface area (Å²) in [7, 11) is 0. The molecule has 1 aromatic carbocycles. The Morgan fingerprint density at radius 1 is 1.06 bits per heavy atom. The molecular formula is C20H22F3N5O6. The quantitative estimate of drug-likeness (QED) is 0.205. The minimum atomic E-state index is -5.08. The van der Waals surface area contributed by atoms with E-state index in [1.54, 1.807) is 36.5 Å². The second kappa shape index (κ2) is 12.6. The molecule has 0 fully saturated rings. The zero-order valence-electron chi connectivity index (χ0n) is 17.5. The zero-order chi connectivity index (χ0) is 25.9. The Labute approximate surface area is 190 Å². The molecule has 1 heterocycles. The van der Waals surface area contributed by atoms with E-state index in [-0.39, 0.29) is 24.5 Å². The van der Waals surface area contributed by atoms with Gasteiger partial charge < -0.3 is 27.0 Å². The van der Waals surface area contributed by atoms with E-state index in [1.807, 2.05) is 6.07 Å². The summed E-state index contributed by atoms with van der Waals surface area (Å²) in [6, 6.07) is 10.6. The Hall–Kier alpha value is -4.36. The average Bonchev–Trinajstić information content (AvgIpc) is 2.76. The van der Waals surface area contributed by atoms with Crippen LogP contribution in [0.15, 0.2) is 58.4 Å². The van der Waals surface area contributed by atoms with E-state index in [9.17, 15) is 32.7 Å². The molecule has 2 aromatic rings. The molecule has 11 nitrogen and oxygen atoms in total. The fraction of sp³-hybridized carbons (Fsp3) is 0.250. The van der Waals surface area contributed by atoms with Crippen molar-refractivity contribution < 1.29 is 37.8 Å². The van der Waals surface area contributed by atoms with E-state index >= 15 is 0 Å². The van der Waals surface area contributed by atoms with Gasteiger partial charge in [-0.05, 0) is 37.1 Å². The minimum Gasteiger partial charge on any atom is -0.480 e. The first-order chi connectivity index (χ1) is 15.8. The van der Waals surface area contributed by atoms with Gasteiger partial charge in [0.1, 0.15) is 11.6 Å². The highest BCUT2D eigenvalue weighted by Crippen LogP contribution is 2.13. The lowest BCUT2D eigenvalue weighted by Gasteiger charge is -2.14. The van der Waals surface area contributed by atoms with Crippen molar-refractivity contribution >= 4 is 23.8 Å². The Kier molecular flexibility index (Phi) is 10.3. The molecule has 0 unspecified atom stereocenters. The number of para-hydroxylation sites is 1. The van der Waals surface area contributed by atoms with Crippen molar-refractivity contribution in [1.29, 1.82) is 0 Å². The van der Waals surface area contributed by atoms with Crippen LogP contribution in [0.4, 0.5) is 13.2 Å². The van der Waals surface area contributed by atoms with Gasteiger partial charge in [-0.1, -0.05) is 18.2 Å². The SMILES string of the molecule is NC(N)=NCCC[C@H](NC(=O)c1cccn(-c2ccccc2)c1=O)C(=O)O.O=C(O)C(F)(F)F. The maximum atomic E-state index is 12.6. The molecule has 184 valence electrons. The molecule has 0 spiro atoms. The van der Waals surface area contributed by atoms with Crippen molar-refractivity contribution in [1.82, 2.24) is 9.88 Å². The number of aromatic nitrogens is 1. The third-order valence-corrected chi connectivity index (χ3v) is 4.02. The molecular weight excluding hydrogens is 463 g/mol. The molecule has 0 aliphatic heterocycles. The fourth-order valence-corrected chi connectivity index (χ4v) is 2.46. The molecule has 0 aliphatic carbocycles. The number of hydrogen-bond acceptors (Lipinski definition) is 5. The van der Waals surface area contributed by atoms with Gasteiger partial charge in [-0.2, -0.15) is 13.2 Å². The number of hydrogen-bond donors (Lipinski definition) is 5. The van der Waals surface area contributed by atoms with Crippen LogP contribution < -0.4 is 22.3 Å². The van der Waals surface area contributed by atoms with Gasteiger partial charge in [-0.25, -0.2) is 9.59 Å². The van der Waals surface area contributed by atoms with E-state index in [0.717, 1.165) is 0 Å². The number of halogens is 3. The summed E-state index contributed by atoms with van der Waals surface area (Å²) in [5.74, 6) is -4.80. The fourth-order valence-electron chi connectivity index (χ4n) is 2.46. The predicted octanol–water partition coefficient (Wildman–Crippen LogP) is 0.707. The lowest BCUT2D eigenvalue weighted by molar-refractivity contribution is -0.192. The summed E-state index contributed by atoms with van der Waals surface area (Å²) >= 11 is 0. The van der Waals surface area contributed by atoms with E-state index in [4.69, 9.17) is 21.4 Å². The highest BCUT2D eigenvalue weighted by molar-refractivity contribution is 5.96. The summed E-state index contributed by atoms with van der Waals surface area (Å²) in [6.45, 7) is 0.244. The van der Waals surface area contributed by atoms with Crippen molar-refractivity contribution in [2.24, 2.45) is 16.5 Å². The number of nitrogens with one attached hydrogen (secondary N) is 1. The van der Waals surface area contributed by atoms with Gasteiger partial charge in [0.2, 0.25) is 0 Å². The predicted molar refractivity (Wildman–Crippen MR) is 115 cm³/mol. The Balaban J connectivity index is 0.000000718. The van der Waals surface area contributed by atoms with Crippen molar-refractivity contribution in [3.63, 3.8) is 0 Å². The number of carboxylic acids is 2. The van der Waals surface area contributed by atoms with Crippen LogP contribution in [0.5, 0.6) is 0 Å². The molecule has 7 N–H and O–H groups in total. The Bertz CT molecular complexity index is 1080. The number of carboxylic acid groups (broad SMARTS) is 2. The average molecular weight is 485 g/mol. The lowest BCUT2D eigenvalue weighted by Crippen LogP contribution is -2.43. The largest absolute Gasteiger partial charge is 0.490 e. The first-order valence-electron chi connectivity index (χ1n) is 9.50. The van der Waals surface area contributed by atoms with E-state index in [0.29, 0.717) is 12.1 Å². The number of carbonyl (C=O) groups excluding carboxylic acids is 1. The molecule has 2 rings (SSSR count). The molecule has 34 heavy (non-hydrogen) atoms. The molecule has 1 aromatic heterocycles. The molecule has 1 atom stereocenters. The number of nitrogens with zero attached hydrogens (tertiary/aromatic N) is 2. The molecule has 0 aliphatic rings. The van der Waals surface area contributed by atoms with Gasteiger partial charge in [-0.3, -0.25) is 19.1 Å². The maximum absolute atomic E-state index is 12.6. The van der Waals surface area contributed by atoms with Gasteiger partial charge in [0.15, 0.2) is 5.96 Å². The summed E-state index contributed by atoms with van der Waals surface area (Å²) in [6.07, 6.45) is -3.06. The zero-order valence-corrected chi connectivity index (χ0v) is 17.5. The smallest absolute Gasteiger partial charge is 0.480 e. The van der Waals surface area contributed by atoms with Gasteiger partial charge in [0.25, 0.3) is 11.5 Å². The van der Waals surface area contributed by atoms with Crippen LogP contribution in [0.1, 0.15) is 23.2 Å². The normalized spacial score (nSPS) is 11.4. The van der Waals surface area contributed by atoms with Crippen LogP contribution in [0.3, 0.4) is 0 Å². The van der Waals surface area contributed by atoms with E-state index in [2.05, 4.69) is 10.3 Å². The molecule has 0 saturated heterocycles. The van der Waals surface area contributed by atoms with Crippen molar-refractivity contribution in [3.05, 3.63) is 64.6 Å². The summed E-state index contributed by atoms with van der Waals surface area (Å²) in [5.41, 5.74) is 10.3. The second-order valence-corrected chi connectivity index (χ2v) is 6.55. The monoisotopic (exact) mass is 485 g/mol. The third-order valence-electron chi connectivity index (χ3n) is 4.02. The molecule has 14 heteroatoms. The number of alkyl halides is 3. The molecule has 1 amide bonds. The van der Waals surface area contributed by atoms with Crippen LogP contribution in [-0.2, 0) is 9.59 Å². The van der Waals surface area contributed by atoms with Crippen LogP contribution in [0.25, 0.3) is 5.69 Å². The highest BCUT2D eigenvalue weighted by Gasteiger charge is 2.38. The molecule has 0 saturated carbocycles.